The number of hydrogen-bond donors (Lipinski definition) is 1. The number of fused-ring (bicyclic) bond motifs is 4. The van der Waals surface area contributed by atoms with E-state index >= 15 is 0 Å². The second-order valence-electron chi connectivity index (χ2n) is 9.10. The van der Waals surface area contributed by atoms with Crippen molar-refractivity contribution in [3.63, 3.8) is 0 Å². The summed E-state index contributed by atoms with van der Waals surface area (Å²) < 4.78 is 26.4. The molecule has 4 nitrogen and oxygen atoms in total. The first-order chi connectivity index (χ1) is 15.8. The number of halogens is 2. The van der Waals surface area contributed by atoms with Crippen LogP contribution in [0.4, 0.5) is 10.1 Å². The smallest absolute Gasteiger partial charge is 0.240 e. The first-order valence-corrected chi connectivity index (χ1v) is 11.5. The highest BCUT2D eigenvalue weighted by Crippen LogP contribution is 2.58. The van der Waals surface area contributed by atoms with Gasteiger partial charge in [-0.25, -0.2) is 4.39 Å². The molecule has 1 N–H and O–H groups in total. The van der Waals surface area contributed by atoms with Gasteiger partial charge in [0.2, 0.25) is 5.91 Å². The Labute approximate surface area is 197 Å². The second kappa shape index (κ2) is 7.77. The standard InChI is InChI=1S/C27H25ClFNO3/c1-4-32-18-10-11-20-23(15-18)33-26(2,3)24(14-16-13-17(29)9-12-21(16)28)27(20)19-7-5-6-8-22(19)30-25(27)31/h5-13,15,24H,4,14H2,1-3H3,(H,30,31). The van der Waals surface area contributed by atoms with Crippen LogP contribution in [-0.4, -0.2) is 18.1 Å². The molecular formula is C27H25ClFNO3. The molecule has 0 saturated carbocycles. The highest BCUT2D eigenvalue weighted by Gasteiger charge is 2.62. The highest BCUT2D eigenvalue weighted by atomic mass is 35.5. The van der Waals surface area contributed by atoms with Crippen LogP contribution in [0.15, 0.2) is 60.7 Å². The minimum Gasteiger partial charge on any atom is -0.494 e. The first kappa shape index (κ1) is 21.8. The highest BCUT2D eigenvalue weighted by molar-refractivity contribution is 6.31. The van der Waals surface area contributed by atoms with E-state index in [1.165, 1.54) is 12.1 Å². The normalized spacial score (nSPS) is 22.3. The van der Waals surface area contributed by atoms with Gasteiger partial charge in [0.05, 0.1) is 6.61 Å². The number of rotatable bonds is 4. The van der Waals surface area contributed by atoms with Crippen molar-refractivity contribution in [1.29, 1.82) is 0 Å². The zero-order valence-corrected chi connectivity index (χ0v) is 19.5. The molecule has 0 aromatic heterocycles. The van der Waals surface area contributed by atoms with Crippen LogP contribution in [-0.2, 0) is 16.6 Å². The molecule has 3 aromatic carbocycles. The van der Waals surface area contributed by atoms with Crippen molar-refractivity contribution in [3.8, 4) is 11.5 Å². The third-order valence-electron chi connectivity index (χ3n) is 6.81. The molecule has 2 unspecified atom stereocenters. The van der Waals surface area contributed by atoms with Crippen molar-refractivity contribution in [2.75, 3.05) is 11.9 Å². The molecule has 2 atom stereocenters. The fraction of sp³-hybridized carbons (Fsp3) is 0.296. The van der Waals surface area contributed by atoms with Crippen molar-refractivity contribution >= 4 is 23.2 Å². The summed E-state index contributed by atoms with van der Waals surface area (Å²) in [4.78, 5) is 13.9. The maximum absolute atomic E-state index is 14.2. The van der Waals surface area contributed by atoms with Crippen LogP contribution < -0.4 is 14.8 Å². The van der Waals surface area contributed by atoms with Gasteiger partial charge in [0.25, 0.3) is 0 Å². The van der Waals surface area contributed by atoms with Crippen LogP contribution in [0.2, 0.25) is 5.02 Å². The van der Waals surface area contributed by atoms with Gasteiger partial charge in [0, 0.05) is 28.3 Å². The minimum absolute atomic E-state index is 0.122. The quantitative estimate of drug-likeness (QED) is 0.503. The lowest BCUT2D eigenvalue weighted by atomic mass is 9.58. The van der Waals surface area contributed by atoms with E-state index in [4.69, 9.17) is 21.1 Å². The third kappa shape index (κ3) is 3.29. The molecule has 0 fully saturated rings. The zero-order chi connectivity index (χ0) is 23.4. The van der Waals surface area contributed by atoms with Crippen LogP contribution in [0.5, 0.6) is 11.5 Å². The number of carbonyl (C=O) groups excluding carboxylic acids is 1. The summed E-state index contributed by atoms with van der Waals surface area (Å²) in [5.41, 5.74) is 1.26. The number of hydrogen-bond acceptors (Lipinski definition) is 3. The summed E-state index contributed by atoms with van der Waals surface area (Å²) in [6.45, 7) is 6.39. The van der Waals surface area contributed by atoms with Gasteiger partial charge in [-0.15, -0.1) is 0 Å². The molecule has 3 aromatic rings. The Morgan fingerprint density at radius 3 is 2.67 bits per heavy atom. The van der Waals surface area contributed by atoms with Crippen LogP contribution in [0.1, 0.15) is 37.5 Å². The Bertz CT molecular complexity index is 1260. The van der Waals surface area contributed by atoms with Crippen LogP contribution in [0.25, 0.3) is 0 Å². The average molecular weight is 466 g/mol. The molecule has 2 aliphatic heterocycles. The lowest BCUT2D eigenvalue weighted by Crippen LogP contribution is -2.58. The fourth-order valence-corrected chi connectivity index (χ4v) is 5.64. The van der Waals surface area contributed by atoms with Crippen molar-refractivity contribution in [3.05, 3.63) is 88.2 Å². The van der Waals surface area contributed by atoms with Gasteiger partial charge in [-0.2, -0.15) is 0 Å². The molecule has 0 bridgehead atoms. The van der Waals surface area contributed by atoms with E-state index in [1.807, 2.05) is 63.2 Å². The summed E-state index contributed by atoms with van der Waals surface area (Å²) in [5, 5.41) is 3.55. The Morgan fingerprint density at radius 1 is 1.09 bits per heavy atom. The van der Waals surface area contributed by atoms with E-state index in [9.17, 15) is 9.18 Å². The molecule has 0 radical (unpaired) electrons. The van der Waals surface area contributed by atoms with Crippen LogP contribution in [0.3, 0.4) is 0 Å². The van der Waals surface area contributed by atoms with Crippen molar-refractivity contribution in [2.45, 2.75) is 38.2 Å². The molecule has 1 spiro atoms. The van der Waals surface area contributed by atoms with E-state index in [0.29, 0.717) is 35.1 Å². The minimum atomic E-state index is -1.03. The molecule has 170 valence electrons. The van der Waals surface area contributed by atoms with E-state index in [2.05, 4.69) is 5.32 Å². The maximum Gasteiger partial charge on any atom is 0.240 e. The Morgan fingerprint density at radius 2 is 1.88 bits per heavy atom. The number of para-hydroxylation sites is 1. The SMILES string of the molecule is CCOc1ccc2c(c1)OC(C)(C)C(Cc1cc(F)ccc1Cl)C21C(=O)Nc2ccccc21. The molecule has 0 saturated heterocycles. The van der Waals surface area contributed by atoms with Crippen LogP contribution >= 0.6 is 11.6 Å². The summed E-state index contributed by atoms with van der Waals surface area (Å²) in [5.74, 6) is 0.442. The number of nitrogens with one attached hydrogen (secondary N) is 1. The third-order valence-corrected chi connectivity index (χ3v) is 7.18. The van der Waals surface area contributed by atoms with Gasteiger partial charge in [-0.05, 0) is 68.7 Å². The topological polar surface area (TPSA) is 47.6 Å². The van der Waals surface area contributed by atoms with Gasteiger partial charge < -0.3 is 14.8 Å². The lowest BCUT2D eigenvalue weighted by Gasteiger charge is -2.50. The van der Waals surface area contributed by atoms with Crippen molar-refractivity contribution < 1.29 is 18.7 Å². The summed E-state index contributed by atoms with van der Waals surface area (Å²) in [6, 6.07) is 17.7. The van der Waals surface area contributed by atoms with E-state index in [0.717, 1.165) is 16.8 Å². The van der Waals surface area contributed by atoms with E-state index in [1.54, 1.807) is 6.07 Å². The maximum atomic E-state index is 14.2. The Balaban J connectivity index is 1.77. The number of amides is 1. The molecule has 2 aliphatic rings. The van der Waals surface area contributed by atoms with Gasteiger partial charge in [0.1, 0.15) is 28.3 Å². The van der Waals surface area contributed by atoms with E-state index in [-0.39, 0.29) is 17.6 Å². The van der Waals surface area contributed by atoms with Gasteiger partial charge in [-0.3, -0.25) is 4.79 Å². The van der Waals surface area contributed by atoms with Crippen LogP contribution in [0, 0.1) is 11.7 Å². The zero-order valence-electron chi connectivity index (χ0n) is 18.7. The van der Waals surface area contributed by atoms with Gasteiger partial charge >= 0.3 is 0 Å². The number of anilines is 1. The average Bonchev–Trinajstić information content (AvgIpc) is 3.05. The summed E-state index contributed by atoms with van der Waals surface area (Å²) in [6.07, 6.45) is 0.359. The monoisotopic (exact) mass is 465 g/mol. The van der Waals surface area contributed by atoms with E-state index < -0.39 is 11.0 Å². The Kier molecular flexibility index (Phi) is 5.13. The largest absolute Gasteiger partial charge is 0.494 e. The lowest BCUT2D eigenvalue weighted by molar-refractivity contribution is -0.126. The predicted molar refractivity (Wildman–Crippen MR) is 127 cm³/mol. The molecule has 5 rings (SSSR count). The molecule has 33 heavy (non-hydrogen) atoms. The van der Waals surface area contributed by atoms with Crippen molar-refractivity contribution in [1.82, 2.24) is 0 Å². The first-order valence-electron chi connectivity index (χ1n) is 11.1. The second-order valence-corrected chi connectivity index (χ2v) is 9.50. The number of carbonyl (C=O) groups is 1. The van der Waals surface area contributed by atoms with Crippen molar-refractivity contribution in [2.24, 2.45) is 5.92 Å². The Hall–Kier alpha value is -3.05. The molecule has 6 heteroatoms. The summed E-state index contributed by atoms with van der Waals surface area (Å²) >= 11 is 6.47. The molecule has 2 heterocycles. The number of ether oxygens (including phenoxy) is 2. The fourth-order valence-electron chi connectivity index (χ4n) is 5.44. The molecular weight excluding hydrogens is 441 g/mol. The molecule has 0 aliphatic carbocycles. The molecule has 1 amide bonds. The van der Waals surface area contributed by atoms with Gasteiger partial charge in [-0.1, -0.05) is 35.9 Å². The summed E-state index contributed by atoms with van der Waals surface area (Å²) in [7, 11) is 0. The van der Waals surface area contributed by atoms with Gasteiger partial charge in [0.15, 0.2) is 0 Å². The number of benzene rings is 3. The predicted octanol–water partition coefficient (Wildman–Crippen LogP) is 6.15.